The van der Waals surface area contributed by atoms with Crippen LogP contribution in [0.25, 0.3) is 0 Å². The van der Waals surface area contributed by atoms with Crippen LogP contribution in [0.2, 0.25) is 0 Å². The number of aryl methyl sites for hydroxylation is 1. The van der Waals surface area contributed by atoms with E-state index in [4.69, 9.17) is 0 Å². The molecule has 0 radical (unpaired) electrons. The highest BCUT2D eigenvalue weighted by Crippen LogP contribution is 2.28. The standard InChI is InChI=1S/C13H20N2O2/c1-9(2)11(4)8-14-12-7-5-6-10(3)13(12)15(16)17/h5-7,9,11,14H,8H2,1-4H3. The highest BCUT2D eigenvalue weighted by molar-refractivity contribution is 5.64. The highest BCUT2D eigenvalue weighted by atomic mass is 16.6. The van der Waals surface area contributed by atoms with E-state index in [1.54, 1.807) is 19.1 Å². The normalized spacial score (nSPS) is 12.5. The predicted octanol–water partition coefficient (Wildman–Crippen LogP) is 3.61. The molecule has 4 nitrogen and oxygen atoms in total. The molecular formula is C13H20N2O2. The summed E-state index contributed by atoms with van der Waals surface area (Å²) in [6.07, 6.45) is 0. The number of rotatable bonds is 5. The number of hydrogen-bond acceptors (Lipinski definition) is 3. The van der Waals surface area contributed by atoms with Gasteiger partial charge in [-0.05, 0) is 24.8 Å². The monoisotopic (exact) mass is 236 g/mol. The third-order valence-corrected chi connectivity index (χ3v) is 3.17. The van der Waals surface area contributed by atoms with Gasteiger partial charge in [0.05, 0.1) is 4.92 Å². The number of hydrogen-bond donors (Lipinski definition) is 1. The van der Waals surface area contributed by atoms with Crippen molar-refractivity contribution in [3.63, 3.8) is 0 Å². The van der Waals surface area contributed by atoms with Crippen molar-refractivity contribution in [2.24, 2.45) is 11.8 Å². The van der Waals surface area contributed by atoms with Crippen molar-refractivity contribution < 1.29 is 4.92 Å². The zero-order valence-electron chi connectivity index (χ0n) is 10.9. The Morgan fingerprint density at radius 1 is 1.35 bits per heavy atom. The maximum atomic E-state index is 11.0. The number of para-hydroxylation sites is 1. The van der Waals surface area contributed by atoms with E-state index >= 15 is 0 Å². The first-order valence-corrected chi connectivity index (χ1v) is 5.91. The van der Waals surface area contributed by atoms with Crippen LogP contribution in [0.5, 0.6) is 0 Å². The molecule has 4 heteroatoms. The fraction of sp³-hybridized carbons (Fsp3) is 0.538. The molecule has 0 saturated heterocycles. The third kappa shape index (κ3) is 3.44. The van der Waals surface area contributed by atoms with Crippen molar-refractivity contribution in [1.29, 1.82) is 0 Å². The van der Waals surface area contributed by atoms with Gasteiger partial charge in [0, 0.05) is 12.1 Å². The van der Waals surface area contributed by atoms with Gasteiger partial charge in [-0.2, -0.15) is 0 Å². The summed E-state index contributed by atoms with van der Waals surface area (Å²) in [5, 5.41) is 14.2. The fourth-order valence-electron chi connectivity index (χ4n) is 1.55. The van der Waals surface area contributed by atoms with Crippen LogP contribution in [-0.2, 0) is 0 Å². The average Bonchev–Trinajstić information content (AvgIpc) is 2.24. The SMILES string of the molecule is Cc1cccc(NCC(C)C(C)C)c1[N+](=O)[O-]. The Kier molecular flexibility index (Phi) is 4.49. The Balaban J connectivity index is 2.84. The van der Waals surface area contributed by atoms with Crippen LogP contribution < -0.4 is 5.32 Å². The minimum Gasteiger partial charge on any atom is -0.379 e. The summed E-state index contributed by atoms with van der Waals surface area (Å²) in [4.78, 5) is 10.7. The number of nitrogens with one attached hydrogen (secondary N) is 1. The first-order valence-electron chi connectivity index (χ1n) is 5.91. The molecule has 1 N–H and O–H groups in total. The summed E-state index contributed by atoms with van der Waals surface area (Å²) in [5.74, 6) is 1.04. The Morgan fingerprint density at radius 2 is 2.00 bits per heavy atom. The highest BCUT2D eigenvalue weighted by Gasteiger charge is 2.17. The molecule has 1 aromatic carbocycles. The molecule has 1 aromatic rings. The molecule has 1 atom stereocenters. The predicted molar refractivity (Wildman–Crippen MR) is 70.3 cm³/mol. The molecule has 1 unspecified atom stereocenters. The fourth-order valence-corrected chi connectivity index (χ4v) is 1.55. The van der Waals surface area contributed by atoms with Crippen LogP contribution in [0.1, 0.15) is 26.3 Å². The average molecular weight is 236 g/mol. The largest absolute Gasteiger partial charge is 0.379 e. The van der Waals surface area contributed by atoms with Crippen LogP contribution in [0.4, 0.5) is 11.4 Å². The van der Waals surface area contributed by atoms with Crippen LogP contribution in [0.15, 0.2) is 18.2 Å². The number of benzene rings is 1. The van der Waals surface area contributed by atoms with Gasteiger partial charge in [-0.25, -0.2) is 0 Å². The number of anilines is 1. The molecular weight excluding hydrogens is 216 g/mol. The molecule has 0 heterocycles. The second-order valence-electron chi connectivity index (χ2n) is 4.83. The van der Waals surface area contributed by atoms with Gasteiger partial charge >= 0.3 is 0 Å². The van der Waals surface area contributed by atoms with E-state index in [1.165, 1.54) is 0 Å². The van der Waals surface area contributed by atoms with Crippen molar-refractivity contribution in [2.75, 3.05) is 11.9 Å². The van der Waals surface area contributed by atoms with Crippen molar-refractivity contribution in [3.05, 3.63) is 33.9 Å². The van der Waals surface area contributed by atoms with Crippen LogP contribution >= 0.6 is 0 Å². The maximum absolute atomic E-state index is 11.0. The molecule has 0 aromatic heterocycles. The lowest BCUT2D eigenvalue weighted by Gasteiger charge is -2.17. The minimum atomic E-state index is -0.322. The van der Waals surface area contributed by atoms with Crippen LogP contribution in [0.3, 0.4) is 0 Å². The van der Waals surface area contributed by atoms with Crippen LogP contribution in [-0.4, -0.2) is 11.5 Å². The minimum absolute atomic E-state index is 0.184. The van der Waals surface area contributed by atoms with Crippen molar-refractivity contribution in [1.82, 2.24) is 0 Å². The molecule has 1 rings (SSSR count). The number of nitrogens with zero attached hydrogens (tertiary/aromatic N) is 1. The van der Waals surface area contributed by atoms with E-state index < -0.39 is 0 Å². The summed E-state index contributed by atoms with van der Waals surface area (Å²) >= 11 is 0. The van der Waals surface area contributed by atoms with Crippen molar-refractivity contribution in [2.45, 2.75) is 27.7 Å². The lowest BCUT2D eigenvalue weighted by atomic mass is 9.98. The molecule has 0 aliphatic heterocycles. The third-order valence-electron chi connectivity index (χ3n) is 3.17. The Morgan fingerprint density at radius 3 is 2.53 bits per heavy atom. The molecule has 0 aliphatic rings. The van der Waals surface area contributed by atoms with E-state index in [1.807, 2.05) is 6.07 Å². The van der Waals surface area contributed by atoms with E-state index in [9.17, 15) is 10.1 Å². The Labute approximate surface area is 102 Å². The second kappa shape index (κ2) is 5.66. The zero-order chi connectivity index (χ0) is 13.0. The molecule has 17 heavy (non-hydrogen) atoms. The van der Waals surface area contributed by atoms with Gasteiger partial charge in [0.2, 0.25) is 0 Å². The molecule has 0 amide bonds. The summed E-state index contributed by atoms with van der Waals surface area (Å²) in [6, 6.07) is 5.36. The quantitative estimate of drug-likeness (QED) is 0.627. The molecule has 0 bridgehead atoms. The Hall–Kier alpha value is -1.58. The zero-order valence-corrected chi connectivity index (χ0v) is 10.9. The molecule has 0 fully saturated rings. The first kappa shape index (κ1) is 13.5. The summed E-state index contributed by atoms with van der Waals surface area (Å²) in [6.45, 7) is 8.95. The molecule has 0 spiro atoms. The van der Waals surface area contributed by atoms with Gasteiger partial charge < -0.3 is 5.32 Å². The molecule has 0 aliphatic carbocycles. The number of nitro groups is 1. The van der Waals surface area contributed by atoms with Crippen molar-refractivity contribution >= 4 is 11.4 Å². The van der Waals surface area contributed by atoms with Gasteiger partial charge in [-0.3, -0.25) is 10.1 Å². The van der Waals surface area contributed by atoms with E-state index in [0.717, 1.165) is 6.54 Å². The summed E-state index contributed by atoms with van der Waals surface area (Å²) in [5.41, 5.74) is 1.49. The molecule has 94 valence electrons. The van der Waals surface area contributed by atoms with Crippen LogP contribution in [0, 0.1) is 28.9 Å². The van der Waals surface area contributed by atoms with E-state index in [2.05, 4.69) is 26.1 Å². The summed E-state index contributed by atoms with van der Waals surface area (Å²) < 4.78 is 0. The van der Waals surface area contributed by atoms with Crippen molar-refractivity contribution in [3.8, 4) is 0 Å². The van der Waals surface area contributed by atoms with Gasteiger partial charge in [-0.15, -0.1) is 0 Å². The smallest absolute Gasteiger partial charge is 0.295 e. The second-order valence-corrected chi connectivity index (χ2v) is 4.83. The lowest BCUT2D eigenvalue weighted by Crippen LogP contribution is -2.17. The van der Waals surface area contributed by atoms with Gasteiger partial charge in [0.25, 0.3) is 5.69 Å². The Bertz CT molecular complexity index is 402. The first-order chi connectivity index (χ1) is 7.93. The molecule has 0 saturated carbocycles. The number of nitro benzene ring substituents is 1. The van der Waals surface area contributed by atoms with E-state index in [0.29, 0.717) is 23.1 Å². The maximum Gasteiger partial charge on any atom is 0.295 e. The summed E-state index contributed by atoms with van der Waals surface area (Å²) in [7, 11) is 0. The lowest BCUT2D eigenvalue weighted by molar-refractivity contribution is -0.384. The van der Waals surface area contributed by atoms with Gasteiger partial charge in [-0.1, -0.05) is 32.9 Å². The van der Waals surface area contributed by atoms with Gasteiger partial charge in [0.1, 0.15) is 5.69 Å². The van der Waals surface area contributed by atoms with E-state index in [-0.39, 0.29) is 10.6 Å². The topological polar surface area (TPSA) is 55.2 Å². The van der Waals surface area contributed by atoms with Gasteiger partial charge in [0.15, 0.2) is 0 Å².